The second-order valence-corrected chi connectivity index (χ2v) is 2.18. The fourth-order valence-electron chi connectivity index (χ4n) is 0.401. The number of aliphatic hydroxyl groups is 1. The summed E-state index contributed by atoms with van der Waals surface area (Å²) in [5.74, 6) is -0.449. The maximum Gasteiger partial charge on any atom is 0.338 e. The van der Waals surface area contributed by atoms with E-state index in [9.17, 15) is 4.79 Å². The molecule has 0 unspecified atom stereocenters. The van der Waals surface area contributed by atoms with Gasteiger partial charge >= 0.3 is 5.97 Å². The summed E-state index contributed by atoms with van der Waals surface area (Å²) in [6.45, 7) is -0.614. The summed E-state index contributed by atoms with van der Waals surface area (Å²) < 4.78 is 4.51. The second kappa shape index (κ2) is 3.28. The summed E-state index contributed by atoms with van der Waals surface area (Å²) in [6, 6.07) is 0. The Morgan fingerprint density at radius 2 is 2.70 bits per heavy atom. The van der Waals surface area contributed by atoms with Gasteiger partial charge in [0, 0.05) is 0 Å². The molecule has 0 atom stereocenters. The van der Waals surface area contributed by atoms with Crippen LogP contribution in [0.4, 0.5) is 0 Å². The summed E-state index contributed by atoms with van der Waals surface area (Å²) >= 11 is 1.32. The number of esters is 1. The topological polar surface area (TPSA) is 59.4 Å². The molecule has 0 fully saturated rings. The highest BCUT2D eigenvalue weighted by Gasteiger charge is 2.02. The van der Waals surface area contributed by atoms with Crippen molar-refractivity contribution in [1.82, 2.24) is 4.98 Å². The van der Waals surface area contributed by atoms with Crippen LogP contribution in [0, 0.1) is 0 Å². The fraction of sp³-hybridized carbons (Fsp3) is 0.200. The number of carbonyl (C=O) groups is 1. The number of hydrogen-bond donors (Lipinski definition) is 1. The molecule has 0 aliphatic carbocycles. The lowest BCUT2D eigenvalue weighted by atomic mass is 10.7. The lowest BCUT2D eigenvalue weighted by molar-refractivity contribution is -0.137. The van der Waals surface area contributed by atoms with E-state index in [1.54, 1.807) is 10.9 Å². The first kappa shape index (κ1) is 7.17. The Balaban J connectivity index is 2.48. The predicted molar refractivity (Wildman–Crippen MR) is 34.8 cm³/mol. The van der Waals surface area contributed by atoms with Crippen molar-refractivity contribution in [2.24, 2.45) is 0 Å². The zero-order chi connectivity index (χ0) is 7.40. The standard InChI is InChI=1S/C5H5NO3S/c7-1-5(8)9-4-2-10-3-6-4/h2-3,7H,1H2. The first-order chi connectivity index (χ1) is 4.83. The molecule has 0 spiro atoms. The van der Waals surface area contributed by atoms with Crippen LogP contribution in [0.15, 0.2) is 10.9 Å². The predicted octanol–water partition coefficient (Wildman–Crippen LogP) is 0.0408. The van der Waals surface area contributed by atoms with Gasteiger partial charge in [0.2, 0.25) is 5.88 Å². The summed E-state index contributed by atoms with van der Waals surface area (Å²) in [4.78, 5) is 14.0. The van der Waals surface area contributed by atoms with E-state index < -0.39 is 12.6 Å². The molecule has 0 saturated heterocycles. The number of thiazole rings is 1. The van der Waals surface area contributed by atoms with Crippen LogP contribution in [0.25, 0.3) is 0 Å². The molecule has 1 rings (SSSR count). The van der Waals surface area contributed by atoms with Crippen LogP contribution in [-0.2, 0) is 4.79 Å². The van der Waals surface area contributed by atoms with E-state index in [0.717, 1.165) is 0 Å². The summed E-state index contributed by atoms with van der Waals surface area (Å²) in [5, 5.41) is 9.81. The molecular formula is C5H5NO3S. The maximum absolute atomic E-state index is 10.4. The molecule has 0 amide bonds. The molecule has 4 nitrogen and oxygen atoms in total. The number of ether oxygens (including phenoxy) is 1. The SMILES string of the molecule is O=C(CO)Oc1cscn1. The number of carbonyl (C=O) groups excluding carboxylic acids is 1. The van der Waals surface area contributed by atoms with Gasteiger partial charge in [-0.3, -0.25) is 0 Å². The van der Waals surface area contributed by atoms with Crippen LogP contribution in [0.1, 0.15) is 0 Å². The van der Waals surface area contributed by atoms with E-state index in [2.05, 4.69) is 9.72 Å². The summed E-state index contributed by atoms with van der Waals surface area (Å²) in [7, 11) is 0. The van der Waals surface area contributed by atoms with E-state index in [1.165, 1.54) is 11.3 Å². The number of aromatic nitrogens is 1. The van der Waals surface area contributed by atoms with Gasteiger partial charge in [-0.05, 0) is 0 Å². The highest BCUT2D eigenvalue weighted by atomic mass is 32.1. The van der Waals surface area contributed by atoms with Gasteiger partial charge in [0.15, 0.2) is 0 Å². The molecule has 10 heavy (non-hydrogen) atoms. The molecule has 1 heterocycles. The van der Waals surface area contributed by atoms with Crippen molar-refractivity contribution in [2.75, 3.05) is 6.61 Å². The van der Waals surface area contributed by atoms with Gasteiger partial charge in [0.1, 0.15) is 6.61 Å². The summed E-state index contributed by atoms with van der Waals surface area (Å²) in [6.07, 6.45) is 0. The molecule has 0 radical (unpaired) electrons. The molecule has 1 N–H and O–H groups in total. The number of hydrogen-bond acceptors (Lipinski definition) is 5. The van der Waals surface area contributed by atoms with Crippen molar-refractivity contribution in [1.29, 1.82) is 0 Å². The third kappa shape index (κ3) is 1.78. The Morgan fingerprint density at radius 1 is 1.90 bits per heavy atom. The zero-order valence-corrected chi connectivity index (χ0v) is 5.80. The monoisotopic (exact) mass is 159 g/mol. The first-order valence-corrected chi connectivity index (χ1v) is 3.47. The van der Waals surface area contributed by atoms with Gasteiger partial charge in [0.05, 0.1) is 10.9 Å². The van der Waals surface area contributed by atoms with Gasteiger partial charge in [0.25, 0.3) is 0 Å². The fourth-order valence-corrected chi connectivity index (χ4v) is 0.852. The van der Waals surface area contributed by atoms with Crippen molar-refractivity contribution in [2.45, 2.75) is 0 Å². The van der Waals surface area contributed by atoms with Crippen molar-refractivity contribution in [3.05, 3.63) is 10.9 Å². The van der Waals surface area contributed by atoms with E-state index in [1.807, 2.05) is 0 Å². The average molecular weight is 159 g/mol. The number of nitrogens with zero attached hydrogens (tertiary/aromatic N) is 1. The van der Waals surface area contributed by atoms with Crippen molar-refractivity contribution < 1.29 is 14.6 Å². The van der Waals surface area contributed by atoms with Crippen LogP contribution in [-0.4, -0.2) is 22.7 Å². The molecule has 0 aliphatic heterocycles. The number of rotatable bonds is 2. The van der Waals surface area contributed by atoms with Crippen LogP contribution < -0.4 is 4.74 Å². The molecule has 0 aromatic carbocycles. The molecule has 0 aliphatic rings. The van der Waals surface area contributed by atoms with Crippen molar-refractivity contribution >= 4 is 17.3 Å². The van der Waals surface area contributed by atoms with Gasteiger partial charge in [-0.1, -0.05) is 0 Å². The molecule has 0 saturated carbocycles. The minimum atomic E-state index is -0.689. The van der Waals surface area contributed by atoms with Gasteiger partial charge < -0.3 is 9.84 Å². The lowest BCUT2D eigenvalue weighted by Gasteiger charge is -1.93. The lowest BCUT2D eigenvalue weighted by Crippen LogP contribution is -2.12. The molecule has 54 valence electrons. The van der Waals surface area contributed by atoms with E-state index in [-0.39, 0.29) is 5.88 Å². The maximum atomic E-state index is 10.4. The van der Waals surface area contributed by atoms with Gasteiger partial charge in [-0.15, -0.1) is 11.3 Å². The van der Waals surface area contributed by atoms with Gasteiger partial charge in [-0.2, -0.15) is 0 Å². The largest absolute Gasteiger partial charge is 0.405 e. The van der Waals surface area contributed by atoms with Crippen LogP contribution in [0.5, 0.6) is 5.88 Å². The normalized spacial score (nSPS) is 9.30. The van der Waals surface area contributed by atoms with Crippen molar-refractivity contribution in [3.8, 4) is 5.88 Å². The van der Waals surface area contributed by atoms with E-state index in [4.69, 9.17) is 5.11 Å². The van der Waals surface area contributed by atoms with Crippen molar-refractivity contribution in [3.63, 3.8) is 0 Å². The Morgan fingerprint density at radius 3 is 3.20 bits per heavy atom. The minimum absolute atomic E-state index is 0.240. The van der Waals surface area contributed by atoms with E-state index >= 15 is 0 Å². The summed E-state index contributed by atoms with van der Waals surface area (Å²) in [5.41, 5.74) is 1.54. The molecule has 1 aromatic heterocycles. The first-order valence-electron chi connectivity index (χ1n) is 2.52. The molecule has 5 heteroatoms. The molecule has 0 bridgehead atoms. The molecule has 1 aromatic rings. The Hall–Kier alpha value is -0.940. The quantitative estimate of drug-likeness (QED) is 0.619. The Bertz CT molecular complexity index is 209. The molecular weight excluding hydrogens is 154 g/mol. The Kier molecular flexibility index (Phi) is 2.35. The smallest absolute Gasteiger partial charge is 0.338 e. The highest BCUT2D eigenvalue weighted by Crippen LogP contribution is 2.08. The Labute approximate surface area is 61.1 Å². The zero-order valence-electron chi connectivity index (χ0n) is 4.98. The second-order valence-electron chi connectivity index (χ2n) is 1.46. The van der Waals surface area contributed by atoms with Crippen LogP contribution in [0.2, 0.25) is 0 Å². The third-order valence-electron chi connectivity index (χ3n) is 0.757. The minimum Gasteiger partial charge on any atom is -0.405 e. The number of aliphatic hydroxyl groups excluding tert-OH is 1. The van der Waals surface area contributed by atoms with Gasteiger partial charge in [-0.25, -0.2) is 9.78 Å². The third-order valence-corrected chi connectivity index (χ3v) is 1.32. The average Bonchev–Trinajstić information content (AvgIpc) is 2.40. The van der Waals surface area contributed by atoms with Crippen LogP contribution in [0.3, 0.4) is 0 Å². The highest BCUT2D eigenvalue weighted by molar-refractivity contribution is 7.07. The van der Waals surface area contributed by atoms with E-state index in [0.29, 0.717) is 0 Å². The van der Waals surface area contributed by atoms with Crippen LogP contribution >= 0.6 is 11.3 Å².